The molecule has 5 nitrogen and oxygen atoms in total. The van der Waals surface area contributed by atoms with Crippen LogP contribution < -0.4 is 4.72 Å². The van der Waals surface area contributed by atoms with Crippen molar-refractivity contribution in [3.63, 3.8) is 0 Å². The van der Waals surface area contributed by atoms with Gasteiger partial charge >= 0.3 is 0 Å². The van der Waals surface area contributed by atoms with Crippen LogP contribution in [0, 0.1) is 17.5 Å². The second kappa shape index (κ2) is 5.27. The first-order valence-electron chi connectivity index (χ1n) is 6.37. The van der Waals surface area contributed by atoms with E-state index >= 15 is 0 Å². The SMILES string of the molecule is Cn1cnc2cc(S(=O)(=O)Nc3ccc(F)c(F)c3F)ccc21. The van der Waals surface area contributed by atoms with Gasteiger partial charge in [-0.3, -0.25) is 4.72 Å². The Bertz CT molecular complexity index is 1020. The van der Waals surface area contributed by atoms with E-state index in [2.05, 4.69) is 4.98 Å². The van der Waals surface area contributed by atoms with Crippen molar-refractivity contribution in [1.82, 2.24) is 9.55 Å². The van der Waals surface area contributed by atoms with Crippen molar-refractivity contribution in [2.45, 2.75) is 4.90 Å². The highest BCUT2D eigenvalue weighted by Crippen LogP contribution is 2.24. The quantitative estimate of drug-likeness (QED) is 0.745. The van der Waals surface area contributed by atoms with Crippen LogP contribution >= 0.6 is 0 Å². The van der Waals surface area contributed by atoms with E-state index in [1.165, 1.54) is 18.5 Å². The molecule has 3 aromatic rings. The van der Waals surface area contributed by atoms with Gasteiger partial charge in [-0.05, 0) is 30.3 Å². The van der Waals surface area contributed by atoms with Crippen LogP contribution in [0.3, 0.4) is 0 Å². The first kappa shape index (κ1) is 15.3. The van der Waals surface area contributed by atoms with E-state index < -0.39 is 33.2 Å². The summed E-state index contributed by atoms with van der Waals surface area (Å²) in [5.74, 6) is -4.75. The van der Waals surface area contributed by atoms with Gasteiger partial charge in [0.1, 0.15) is 0 Å². The van der Waals surface area contributed by atoms with Crippen LogP contribution in [0.4, 0.5) is 18.9 Å². The van der Waals surface area contributed by atoms with Gasteiger partial charge < -0.3 is 4.57 Å². The maximum absolute atomic E-state index is 13.6. The smallest absolute Gasteiger partial charge is 0.262 e. The highest BCUT2D eigenvalue weighted by atomic mass is 32.2. The Balaban J connectivity index is 2.02. The predicted molar refractivity (Wildman–Crippen MR) is 77.8 cm³/mol. The fraction of sp³-hybridized carbons (Fsp3) is 0.0714. The monoisotopic (exact) mass is 341 g/mol. The van der Waals surface area contributed by atoms with Gasteiger partial charge in [-0.2, -0.15) is 0 Å². The number of hydrogen-bond acceptors (Lipinski definition) is 3. The summed E-state index contributed by atoms with van der Waals surface area (Å²) in [7, 11) is -2.43. The van der Waals surface area contributed by atoms with Crippen molar-refractivity contribution in [1.29, 1.82) is 0 Å². The number of aryl methyl sites for hydroxylation is 1. The van der Waals surface area contributed by atoms with E-state index in [1.807, 2.05) is 4.72 Å². The maximum Gasteiger partial charge on any atom is 0.262 e. The summed E-state index contributed by atoms with van der Waals surface area (Å²) in [5.41, 5.74) is 0.467. The van der Waals surface area contributed by atoms with Crippen LogP contribution in [0.1, 0.15) is 0 Å². The molecular weight excluding hydrogens is 331 g/mol. The lowest BCUT2D eigenvalue weighted by atomic mass is 10.3. The molecule has 2 aromatic carbocycles. The summed E-state index contributed by atoms with van der Waals surface area (Å²) in [4.78, 5) is 3.86. The van der Waals surface area contributed by atoms with Crippen LogP contribution in [0.15, 0.2) is 41.6 Å². The van der Waals surface area contributed by atoms with Crippen LogP contribution in [0.25, 0.3) is 11.0 Å². The van der Waals surface area contributed by atoms with E-state index in [0.29, 0.717) is 17.1 Å². The van der Waals surface area contributed by atoms with Gasteiger partial charge in [0, 0.05) is 7.05 Å². The third kappa shape index (κ3) is 2.63. The molecule has 0 unspecified atom stereocenters. The first-order valence-corrected chi connectivity index (χ1v) is 7.85. The third-order valence-corrected chi connectivity index (χ3v) is 4.65. The van der Waals surface area contributed by atoms with E-state index in [1.54, 1.807) is 17.7 Å². The molecule has 0 aliphatic heterocycles. The van der Waals surface area contributed by atoms with Gasteiger partial charge in [-0.25, -0.2) is 26.6 Å². The molecular formula is C14H10F3N3O2S. The molecule has 9 heteroatoms. The summed E-state index contributed by atoms with van der Waals surface area (Å²) in [5, 5.41) is 0. The molecule has 0 bridgehead atoms. The summed E-state index contributed by atoms with van der Waals surface area (Å²) in [6, 6.07) is 5.60. The normalized spacial score (nSPS) is 11.8. The van der Waals surface area contributed by atoms with E-state index in [-0.39, 0.29) is 4.90 Å². The third-order valence-electron chi connectivity index (χ3n) is 3.29. The second-order valence-corrected chi connectivity index (χ2v) is 6.52. The average Bonchev–Trinajstić information content (AvgIpc) is 2.89. The Morgan fingerprint density at radius 3 is 2.57 bits per heavy atom. The standard InChI is InChI=1S/C14H10F3N3O2S/c1-20-7-18-11-6-8(2-5-12(11)20)23(21,22)19-10-4-3-9(15)13(16)14(10)17/h2-7,19H,1H3. The molecule has 0 atom stereocenters. The topological polar surface area (TPSA) is 64.0 Å². The number of hydrogen-bond donors (Lipinski definition) is 1. The average molecular weight is 341 g/mol. The molecule has 0 amide bonds. The van der Waals surface area contributed by atoms with Gasteiger partial charge in [0.25, 0.3) is 10.0 Å². The lowest BCUT2D eigenvalue weighted by Crippen LogP contribution is -2.14. The molecule has 1 aromatic heterocycles. The Morgan fingerprint density at radius 2 is 1.83 bits per heavy atom. The molecule has 0 saturated carbocycles. The second-order valence-electron chi connectivity index (χ2n) is 4.83. The number of fused-ring (bicyclic) bond motifs is 1. The van der Waals surface area contributed by atoms with Crippen molar-refractivity contribution >= 4 is 26.7 Å². The molecule has 1 N–H and O–H groups in total. The van der Waals surface area contributed by atoms with Gasteiger partial charge in [0.05, 0.1) is 27.9 Å². The Labute approximate surface area is 129 Å². The fourth-order valence-corrected chi connectivity index (χ4v) is 3.17. The molecule has 0 aliphatic carbocycles. The number of nitrogens with zero attached hydrogens (tertiary/aromatic N) is 2. The Kier molecular flexibility index (Phi) is 3.52. The van der Waals surface area contributed by atoms with Crippen molar-refractivity contribution in [2.75, 3.05) is 4.72 Å². The summed E-state index contributed by atoms with van der Waals surface area (Å²) in [6.07, 6.45) is 1.52. The minimum atomic E-state index is -4.18. The summed E-state index contributed by atoms with van der Waals surface area (Å²) < 4.78 is 67.8. The zero-order valence-corrected chi connectivity index (χ0v) is 12.5. The van der Waals surface area contributed by atoms with Crippen molar-refractivity contribution in [3.8, 4) is 0 Å². The molecule has 1 heterocycles. The molecule has 0 fully saturated rings. The van der Waals surface area contributed by atoms with Gasteiger partial charge in [0.2, 0.25) is 0 Å². The number of sulfonamides is 1. The van der Waals surface area contributed by atoms with E-state index in [4.69, 9.17) is 0 Å². The zero-order valence-electron chi connectivity index (χ0n) is 11.7. The number of aromatic nitrogens is 2. The highest BCUT2D eigenvalue weighted by molar-refractivity contribution is 7.92. The molecule has 23 heavy (non-hydrogen) atoms. The zero-order chi connectivity index (χ0) is 16.8. The minimum Gasteiger partial charge on any atom is -0.334 e. The minimum absolute atomic E-state index is 0.173. The van der Waals surface area contributed by atoms with E-state index in [0.717, 1.165) is 6.07 Å². The van der Waals surface area contributed by atoms with Crippen molar-refractivity contribution < 1.29 is 21.6 Å². The number of anilines is 1. The molecule has 120 valence electrons. The largest absolute Gasteiger partial charge is 0.334 e. The van der Waals surface area contributed by atoms with Crippen LogP contribution in [-0.2, 0) is 17.1 Å². The number of halogens is 3. The molecule has 0 radical (unpaired) electrons. The molecule has 0 spiro atoms. The van der Waals surface area contributed by atoms with Crippen LogP contribution in [0.2, 0.25) is 0 Å². The fourth-order valence-electron chi connectivity index (χ4n) is 2.09. The number of imidazole rings is 1. The van der Waals surface area contributed by atoms with Gasteiger partial charge in [-0.1, -0.05) is 0 Å². The maximum atomic E-state index is 13.6. The Hall–Kier alpha value is -2.55. The predicted octanol–water partition coefficient (Wildman–Crippen LogP) is 2.79. The van der Waals surface area contributed by atoms with Gasteiger partial charge in [0.15, 0.2) is 17.5 Å². The lowest BCUT2D eigenvalue weighted by Gasteiger charge is -2.09. The molecule has 0 saturated heterocycles. The first-order chi connectivity index (χ1) is 10.8. The van der Waals surface area contributed by atoms with Crippen molar-refractivity contribution in [3.05, 3.63) is 54.1 Å². The van der Waals surface area contributed by atoms with Gasteiger partial charge in [-0.15, -0.1) is 0 Å². The van der Waals surface area contributed by atoms with E-state index in [9.17, 15) is 21.6 Å². The number of nitrogens with one attached hydrogen (secondary N) is 1. The Morgan fingerprint density at radius 1 is 1.09 bits per heavy atom. The molecule has 3 rings (SSSR count). The van der Waals surface area contributed by atoms with Crippen LogP contribution in [0.5, 0.6) is 0 Å². The summed E-state index contributed by atoms with van der Waals surface area (Å²) >= 11 is 0. The lowest BCUT2D eigenvalue weighted by molar-refractivity contribution is 0.449. The number of rotatable bonds is 3. The molecule has 0 aliphatic rings. The highest BCUT2D eigenvalue weighted by Gasteiger charge is 2.20. The van der Waals surface area contributed by atoms with Crippen molar-refractivity contribution in [2.24, 2.45) is 7.05 Å². The van der Waals surface area contributed by atoms with Crippen LogP contribution in [-0.4, -0.2) is 18.0 Å². The number of benzene rings is 2. The summed E-state index contributed by atoms with van der Waals surface area (Å²) in [6.45, 7) is 0.